The molecule has 1 aliphatic rings. The van der Waals surface area contributed by atoms with Gasteiger partial charge in [-0.1, -0.05) is 12.1 Å². The van der Waals surface area contributed by atoms with Gasteiger partial charge >= 0.3 is 0 Å². The molecule has 0 aliphatic carbocycles. The van der Waals surface area contributed by atoms with Crippen molar-refractivity contribution in [1.82, 2.24) is 29.5 Å². The van der Waals surface area contributed by atoms with E-state index in [-0.39, 0.29) is 17.6 Å². The Hall–Kier alpha value is -4.05. The molecule has 2 unspecified atom stereocenters. The van der Waals surface area contributed by atoms with Gasteiger partial charge in [0.1, 0.15) is 17.6 Å². The molecule has 10 heteroatoms. The van der Waals surface area contributed by atoms with E-state index >= 15 is 0 Å². The van der Waals surface area contributed by atoms with E-state index < -0.39 is 0 Å². The second-order valence-electron chi connectivity index (χ2n) is 7.30. The zero-order valence-electron chi connectivity index (χ0n) is 17.3. The van der Waals surface area contributed by atoms with Crippen LogP contribution in [0.15, 0.2) is 72.0 Å². The highest BCUT2D eigenvalue weighted by Crippen LogP contribution is 2.24. The SMILES string of the molecule is COc1cccc(-c2ccc(=O)n(C3COCC3Nc3cncc(-n4cccn4)n3)n2)c1. The normalized spacial score (nSPS) is 17.9. The van der Waals surface area contributed by atoms with Gasteiger partial charge in [0, 0.05) is 24.0 Å². The van der Waals surface area contributed by atoms with Crippen LogP contribution in [0.2, 0.25) is 0 Å². The summed E-state index contributed by atoms with van der Waals surface area (Å²) in [5.74, 6) is 1.88. The van der Waals surface area contributed by atoms with Gasteiger partial charge in [-0.3, -0.25) is 9.78 Å². The Labute approximate surface area is 183 Å². The van der Waals surface area contributed by atoms with E-state index in [0.717, 1.165) is 11.3 Å². The molecule has 1 saturated heterocycles. The van der Waals surface area contributed by atoms with Crippen LogP contribution in [0.3, 0.4) is 0 Å². The molecule has 10 nitrogen and oxygen atoms in total. The highest BCUT2D eigenvalue weighted by molar-refractivity contribution is 5.60. The summed E-state index contributed by atoms with van der Waals surface area (Å²) < 4.78 is 14.1. The maximum absolute atomic E-state index is 12.7. The predicted molar refractivity (Wildman–Crippen MR) is 117 cm³/mol. The molecule has 0 amide bonds. The van der Waals surface area contributed by atoms with E-state index in [2.05, 4.69) is 25.5 Å². The molecular weight excluding hydrogens is 410 g/mol. The molecule has 1 aliphatic heterocycles. The fourth-order valence-corrected chi connectivity index (χ4v) is 3.65. The van der Waals surface area contributed by atoms with Crippen LogP contribution in [0.1, 0.15) is 6.04 Å². The average molecular weight is 431 g/mol. The highest BCUT2D eigenvalue weighted by Gasteiger charge is 2.32. The fraction of sp³-hybridized carbons (Fsp3) is 0.227. The lowest BCUT2D eigenvalue weighted by atomic mass is 10.1. The van der Waals surface area contributed by atoms with Crippen LogP contribution in [0.25, 0.3) is 17.1 Å². The standard InChI is InChI=1S/C22H21N7O3/c1-31-16-5-2-4-15(10-16)17-6-7-22(30)29(27-17)19-14-32-13-18(19)25-20-11-23-12-21(26-20)28-9-3-8-24-28/h2-12,18-19H,13-14H2,1H3,(H,25,26). The molecule has 0 saturated carbocycles. The first-order valence-corrected chi connectivity index (χ1v) is 10.1. The summed E-state index contributed by atoms with van der Waals surface area (Å²) in [5, 5.41) is 12.1. The Balaban J connectivity index is 1.42. The van der Waals surface area contributed by atoms with Crippen LogP contribution in [-0.2, 0) is 4.74 Å². The number of nitrogens with one attached hydrogen (secondary N) is 1. The predicted octanol–water partition coefficient (Wildman–Crippen LogP) is 1.95. The van der Waals surface area contributed by atoms with Crippen molar-refractivity contribution in [2.75, 3.05) is 25.6 Å². The third kappa shape index (κ3) is 3.95. The Morgan fingerprint density at radius 1 is 1.16 bits per heavy atom. The van der Waals surface area contributed by atoms with Crippen LogP contribution in [0.4, 0.5) is 5.82 Å². The van der Waals surface area contributed by atoms with Gasteiger partial charge in [0.2, 0.25) is 0 Å². The molecule has 4 aromatic rings. The first kappa shape index (κ1) is 19.9. The molecule has 1 aromatic carbocycles. The summed E-state index contributed by atoms with van der Waals surface area (Å²) >= 11 is 0. The zero-order valence-corrected chi connectivity index (χ0v) is 17.3. The first-order valence-electron chi connectivity index (χ1n) is 10.1. The van der Waals surface area contributed by atoms with Gasteiger partial charge in [-0.25, -0.2) is 14.3 Å². The lowest BCUT2D eigenvalue weighted by molar-refractivity contribution is 0.183. The van der Waals surface area contributed by atoms with Gasteiger partial charge in [0.05, 0.1) is 44.5 Å². The lowest BCUT2D eigenvalue weighted by Crippen LogP contribution is -2.37. The molecule has 3 aromatic heterocycles. The second-order valence-corrected chi connectivity index (χ2v) is 7.30. The Morgan fingerprint density at radius 2 is 2.09 bits per heavy atom. The Kier molecular flexibility index (Phi) is 5.34. The van der Waals surface area contributed by atoms with Crippen LogP contribution >= 0.6 is 0 Å². The van der Waals surface area contributed by atoms with Crippen molar-refractivity contribution < 1.29 is 9.47 Å². The molecule has 0 spiro atoms. The Bertz CT molecular complexity index is 1270. The fourth-order valence-electron chi connectivity index (χ4n) is 3.65. The van der Waals surface area contributed by atoms with Gasteiger partial charge in [0.25, 0.3) is 5.56 Å². The molecule has 4 heterocycles. The van der Waals surface area contributed by atoms with E-state index in [1.807, 2.05) is 30.3 Å². The monoisotopic (exact) mass is 431 g/mol. The van der Waals surface area contributed by atoms with Crippen molar-refractivity contribution in [3.8, 4) is 22.8 Å². The average Bonchev–Trinajstić information content (AvgIpc) is 3.52. The van der Waals surface area contributed by atoms with Crippen molar-refractivity contribution in [1.29, 1.82) is 0 Å². The lowest BCUT2D eigenvalue weighted by Gasteiger charge is -2.21. The quantitative estimate of drug-likeness (QED) is 0.493. The van der Waals surface area contributed by atoms with E-state index in [4.69, 9.17) is 9.47 Å². The molecule has 1 N–H and O–H groups in total. The second kappa shape index (κ2) is 8.60. The number of hydrogen-bond donors (Lipinski definition) is 1. The number of benzene rings is 1. The molecular formula is C22H21N7O3. The summed E-state index contributed by atoms with van der Waals surface area (Å²) in [4.78, 5) is 21.5. The van der Waals surface area contributed by atoms with E-state index in [0.29, 0.717) is 30.5 Å². The largest absolute Gasteiger partial charge is 0.497 e. The van der Waals surface area contributed by atoms with Crippen LogP contribution < -0.4 is 15.6 Å². The van der Waals surface area contributed by atoms with Gasteiger partial charge in [-0.2, -0.15) is 10.2 Å². The maximum Gasteiger partial charge on any atom is 0.267 e. The molecule has 162 valence electrons. The van der Waals surface area contributed by atoms with E-state index in [1.165, 1.54) is 10.7 Å². The number of methoxy groups -OCH3 is 1. The molecule has 2 atom stereocenters. The summed E-state index contributed by atoms with van der Waals surface area (Å²) in [6.07, 6.45) is 6.73. The summed E-state index contributed by atoms with van der Waals surface area (Å²) in [5.41, 5.74) is 1.34. The van der Waals surface area contributed by atoms with Crippen molar-refractivity contribution in [3.05, 3.63) is 77.6 Å². The number of hydrogen-bond acceptors (Lipinski definition) is 8. The minimum atomic E-state index is -0.303. The number of ether oxygens (including phenoxy) is 2. The molecule has 1 fully saturated rings. The van der Waals surface area contributed by atoms with Crippen molar-refractivity contribution in [2.45, 2.75) is 12.1 Å². The third-order valence-electron chi connectivity index (χ3n) is 5.25. The number of anilines is 1. The summed E-state index contributed by atoms with van der Waals surface area (Å²) in [7, 11) is 1.61. The van der Waals surface area contributed by atoms with Crippen molar-refractivity contribution >= 4 is 5.82 Å². The number of rotatable bonds is 6. The highest BCUT2D eigenvalue weighted by atomic mass is 16.5. The van der Waals surface area contributed by atoms with Gasteiger partial charge in [0.15, 0.2) is 5.82 Å². The Morgan fingerprint density at radius 3 is 2.94 bits per heavy atom. The van der Waals surface area contributed by atoms with Crippen molar-refractivity contribution in [3.63, 3.8) is 0 Å². The van der Waals surface area contributed by atoms with Gasteiger partial charge in [-0.15, -0.1) is 0 Å². The summed E-state index contributed by atoms with van der Waals surface area (Å²) in [6, 6.07) is 12.1. The molecule has 0 bridgehead atoms. The first-order chi connectivity index (χ1) is 15.7. The van der Waals surface area contributed by atoms with Gasteiger partial charge < -0.3 is 14.8 Å². The van der Waals surface area contributed by atoms with E-state index in [9.17, 15) is 4.79 Å². The van der Waals surface area contributed by atoms with Crippen molar-refractivity contribution in [2.24, 2.45) is 0 Å². The topological polar surface area (TPSA) is 109 Å². The van der Waals surface area contributed by atoms with Crippen LogP contribution in [-0.4, -0.2) is 55.9 Å². The van der Waals surface area contributed by atoms with Crippen LogP contribution in [0.5, 0.6) is 5.75 Å². The minimum Gasteiger partial charge on any atom is -0.497 e. The summed E-state index contributed by atoms with van der Waals surface area (Å²) in [6.45, 7) is 0.772. The maximum atomic E-state index is 12.7. The molecule has 32 heavy (non-hydrogen) atoms. The zero-order chi connectivity index (χ0) is 21.9. The van der Waals surface area contributed by atoms with Crippen LogP contribution in [0, 0.1) is 0 Å². The van der Waals surface area contributed by atoms with Gasteiger partial charge in [-0.05, 0) is 24.3 Å². The molecule has 5 rings (SSSR count). The van der Waals surface area contributed by atoms with E-state index in [1.54, 1.807) is 42.6 Å². The number of aromatic nitrogens is 6. The minimum absolute atomic E-state index is 0.199. The number of nitrogens with zero attached hydrogens (tertiary/aromatic N) is 6. The third-order valence-corrected chi connectivity index (χ3v) is 5.25. The smallest absolute Gasteiger partial charge is 0.267 e. The molecule has 0 radical (unpaired) electrons.